The van der Waals surface area contributed by atoms with Crippen molar-refractivity contribution >= 4 is 10.8 Å². The second-order valence-corrected chi connectivity index (χ2v) is 9.44. The van der Waals surface area contributed by atoms with E-state index in [-0.39, 0.29) is 6.61 Å². The molecule has 0 radical (unpaired) electrons. The predicted molar refractivity (Wildman–Crippen MR) is 131 cm³/mol. The molecule has 1 fully saturated rings. The van der Waals surface area contributed by atoms with Crippen molar-refractivity contribution in [3.8, 4) is 11.5 Å². The summed E-state index contributed by atoms with van der Waals surface area (Å²) in [5, 5.41) is 12.5. The third kappa shape index (κ3) is 6.24. The van der Waals surface area contributed by atoms with Crippen LogP contribution in [0.3, 0.4) is 0 Å². The van der Waals surface area contributed by atoms with Crippen LogP contribution in [0.1, 0.15) is 44.2 Å². The van der Waals surface area contributed by atoms with Gasteiger partial charge in [0.05, 0.1) is 5.60 Å². The first kappa shape index (κ1) is 22.6. The van der Waals surface area contributed by atoms with E-state index >= 15 is 0 Å². The lowest BCUT2D eigenvalue weighted by Crippen LogP contribution is -2.33. The summed E-state index contributed by atoms with van der Waals surface area (Å²) in [6.07, 6.45) is 4.74. The van der Waals surface area contributed by atoms with Crippen molar-refractivity contribution in [1.82, 2.24) is 4.90 Å². The number of rotatable bonds is 9. The molecule has 0 aliphatic carbocycles. The number of hydrogen-bond acceptors (Lipinski definition) is 4. The highest BCUT2D eigenvalue weighted by Gasteiger charge is 2.16. The number of ether oxygens (including phenoxy) is 2. The maximum absolute atomic E-state index is 10.1. The highest BCUT2D eigenvalue weighted by molar-refractivity contribution is 5.88. The van der Waals surface area contributed by atoms with Crippen LogP contribution in [0.15, 0.2) is 60.7 Å². The summed E-state index contributed by atoms with van der Waals surface area (Å²) in [6, 6.07) is 20.9. The summed E-state index contributed by atoms with van der Waals surface area (Å²) < 4.78 is 12.0. The minimum Gasteiger partial charge on any atom is -0.492 e. The fraction of sp³-hybridized carbons (Fsp3) is 0.429. The first-order chi connectivity index (χ1) is 15.5. The van der Waals surface area contributed by atoms with Crippen LogP contribution in [0.25, 0.3) is 10.8 Å². The van der Waals surface area contributed by atoms with Gasteiger partial charge in [0, 0.05) is 18.5 Å². The molecular weight excluding hydrogens is 398 g/mol. The average molecular weight is 434 g/mol. The predicted octanol–water partition coefficient (Wildman–Crippen LogP) is 5.45. The lowest BCUT2D eigenvalue weighted by Gasteiger charge is -2.26. The smallest absolute Gasteiger partial charge is 0.123 e. The van der Waals surface area contributed by atoms with E-state index in [0.29, 0.717) is 0 Å². The van der Waals surface area contributed by atoms with Crippen LogP contribution >= 0.6 is 0 Å². The lowest BCUT2D eigenvalue weighted by molar-refractivity contribution is 0.0282. The van der Waals surface area contributed by atoms with E-state index in [2.05, 4.69) is 59.5 Å². The molecule has 0 atom stereocenters. The fourth-order valence-electron chi connectivity index (χ4n) is 4.27. The summed E-state index contributed by atoms with van der Waals surface area (Å²) in [5.74, 6) is 1.75. The highest BCUT2D eigenvalue weighted by atomic mass is 16.5. The number of benzene rings is 3. The van der Waals surface area contributed by atoms with Gasteiger partial charge in [-0.25, -0.2) is 0 Å². The van der Waals surface area contributed by atoms with E-state index in [0.717, 1.165) is 36.6 Å². The van der Waals surface area contributed by atoms with Gasteiger partial charge in [-0.3, -0.25) is 4.90 Å². The number of nitrogens with zero attached hydrogens (tertiary/aromatic N) is 1. The number of piperidine rings is 1. The molecule has 3 aromatic rings. The molecule has 4 nitrogen and oxygen atoms in total. The van der Waals surface area contributed by atoms with Crippen molar-refractivity contribution in [3.63, 3.8) is 0 Å². The first-order valence-corrected chi connectivity index (χ1v) is 11.8. The van der Waals surface area contributed by atoms with E-state index in [4.69, 9.17) is 9.47 Å². The molecule has 0 unspecified atom stereocenters. The molecule has 1 aliphatic rings. The molecule has 3 aromatic carbocycles. The van der Waals surface area contributed by atoms with Crippen LogP contribution in [0, 0.1) is 0 Å². The largest absolute Gasteiger partial charge is 0.492 e. The molecule has 1 aliphatic heterocycles. The van der Waals surface area contributed by atoms with Gasteiger partial charge in [0.25, 0.3) is 0 Å². The molecule has 0 amide bonds. The topological polar surface area (TPSA) is 41.9 Å². The van der Waals surface area contributed by atoms with E-state index in [1.165, 1.54) is 48.7 Å². The lowest BCUT2D eigenvalue weighted by atomic mass is 9.97. The van der Waals surface area contributed by atoms with E-state index in [1.54, 1.807) is 13.8 Å². The van der Waals surface area contributed by atoms with Crippen LogP contribution in [-0.2, 0) is 6.42 Å². The van der Waals surface area contributed by atoms with E-state index in [9.17, 15) is 5.11 Å². The summed E-state index contributed by atoms with van der Waals surface area (Å²) in [6.45, 7) is 7.91. The number of fused-ring (bicyclic) bond motifs is 1. The Balaban J connectivity index is 1.44. The monoisotopic (exact) mass is 433 g/mol. The standard InChI is InChI=1S/C28H35NO3/c1-28(2,30)21-32-27-15-12-23-8-4-5-9-25(23)26(27)20-22-10-13-24(14-11-22)31-19-18-29-16-6-3-7-17-29/h4-5,8-15,30H,3,6-7,16-21H2,1-2H3. The maximum Gasteiger partial charge on any atom is 0.123 e. The van der Waals surface area contributed by atoms with Gasteiger partial charge in [-0.15, -0.1) is 0 Å². The van der Waals surface area contributed by atoms with Crippen molar-refractivity contribution < 1.29 is 14.6 Å². The quantitative estimate of drug-likeness (QED) is 0.488. The molecule has 4 heteroatoms. The van der Waals surface area contributed by atoms with Gasteiger partial charge < -0.3 is 14.6 Å². The summed E-state index contributed by atoms with van der Waals surface area (Å²) in [7, 11) is 0. The molecule has 1 heterocycles. The Morgan fingerprint density at radius 1 is 0.875 bits per heavy atom. The Morgan fingerprint density at radius 2 is 1.62 bits per heavy atom. The van der Waals surface area contributed by atoms with Gasteiger partial charge in [-0.2, -0.15) is 0 Å². The van der Waals surface area contributed by atoms with Crippen molar-refractivity contribution in [2.45, 2.75) is 45.1 Å². The fourth-order valence-corrected chi connectivity index (χ4v) is 4.27. The molecule has 170 valence electrons. The minimum absolute atomic E-state index is 0.252. The van der Waals surface area contributed by atoms with Gasteiger partial charge in [0.15, 0.2) is 0 Å². The number of hydrogen-bond donors (Lipinski definition) is 1. The van der Waals surface area contributed by atoms with Crippen molar-refractivity contribution in [2.24, 2.45) is 0 Å². The molecule has 0 spiro atoms. The Kier molecular flexibility index (Phi) is 7.33. The molecule has 1 N–H and O–H groups in total. The van der Waals surface area contributed by atoms with Crippen LogP contribution in [0.4, 0.5) is 0 Å². The third-order valence-electron chi connectivity index (χ3n) is 6.01. The van der Waals surface area contributed by atoms with Gasteiger partial charge in [-0.1, -0.05) is 48.9 Å². The van der Waals surface area contributed by atoms with Gasteiger partial charge in [-0.05, 0) is 74.3 Å². The molecule has 0 bridgehead atoms. The van der Waals surface area contributed by atoms with E-state index in [1.807, 2.05) is 6.07 Å². The second kappa shape index (κ2) is 10.4. The molecule has 0 aromatic heterocycles. The van der Waals surface area contributed by atoms with Gasteiger partial charge in [0.2, 0.25) is 0 Å². The molecular formula is C28H35NO3. The van der Waals surface area contributed by atoms with Gasteiger partial charge in [0.1, 0.15) is 24.7 Å². The molecule has 4 rings (SSSR count). The van der Waals surface area contributed by atoms with E-state index < -0.39 is 5.60 Å². The molecule has 32 heavy (non-hydrogen) atoms. The Labute approximate surface area is 191 Å². The maximum atomic E-state index is 10.1. The van der Waals surface area contributed by atoms with Crippen LogP contribution < -0.4 is 9.47 Å². The van der Waals surface area contributed by atoms with Crippen LogP contribution in [0.2, 0.25) is 0 Å². The summed E-state index contributed by atoms with van der Waals surface area (Å²) >= 11 is 0. The van der Waals surface area contributed by atoms with Crippen LogP contribution in [-0.4, -0.2) is 48.5 Å². The number of aliphatic hydroxyl groups is 1. The Morgan fingerprint density at radius 3 is 2.38 bits per heavy atom. The van der Waals surface area contributed by atoms with Crippen molar-refractivity contribution in [1.29, 1.82) is 0 Å². The molecule has 0 saturated carbocycles. The van der Waals surface area contributed by atoms with Crippen LogP contribution in [0.5, 0.6) is 11.5 Å². The Bertz CT molecular complexity index is 1000. The minimum atomic E-state index is -0.879. The zero-order chi connectivity index (χ0) is 22.4. The zero-order valence-electron chi connectivity index (χ0n) is 19.3. The Hall–Kier alpha value is -2.56. The summed E-state index contributed by atoms with van der Waals surface area (Å²) in [5.41, 5.74) is 1.47. The van der Waals surface area contributed by atoms with Crippen molar-refractivity contribution in [2.75, 3.05) is 32.8 Å². The first-order valence-electron chi connectivity index (χ1n) is 11.8. The van der Waals surface area contributed by atoms with Gasteiger partial charge >= 0.3 is 0 Å². The van der Waals surface area contributed by atoms with Crippen molar-refractivity contribution in [3.05, 3.63) is 71.8 Å². The highest BCUT2D eigenvalue weighted by Crippen LogP contribution is 2.31. The zero-order valence-corrected chi connectivity index (χ0v) is 19.3. The number of likely N-dealkylation sites (tertiary alicyclic amines) is 1. The third-order valence-corrected chi connectivity index (χ3v) is 6.01. The SMILES string of the molecule is CC(C)(O)COc1ccc2ccccc2c1Cc1ccc(OCCN2CCCCC2)cc1. The summed E-state index contributed by atoms with van der Waals surface area (Å²) in [4.78, 5) is 2.49. The average Bonchev–Trinajstić information content (AvgIpc) is 2.80. The second-order valence-electron chi connectivity index (χ2n) is 9.44. The molecule has 1 saturated heterocycles. The normalized spacial score (nSPS) is 15.1.